The quantitative estimate of drug-likeness (QED) is 0.560. The van der Waals surface area contributed by atoms with Gasteiger partial charge in [0.1, 0.15) is 5.60 Å². The van der Waals surface area contributed by atoms with Crippen molar-refractivity contribution < 1.29 is 14.3 Å². The Balaban J connectivity index is 1.90. The number of hydrogen-bond acceptors (Lipinski definition) is 4. The highest BCUT2D eigenvalue weighted by Gasteiger charge is 2.42. The second-order valence-electron chi connectivity index (χ2n) is 9.17. The van der Waals surface area contributed by atoms with E-state index in [-0.39, 0.29) is 23.5 Å². The van der Waals surface area contributed by atoms with Crippen LogP contribution in [0.15, 0.2) is 4.99 Å². The third kappa shape index (κ3) is 5.75. The highest BCUT2D eigenvalue weighted by atomic mass is 16.6. The van der Waals surface area contributed by atoms with Crippen LogP contribution in [0.2, 0.25) is 0 Å². The molecule has 1 aliphatic carbocycles. The predicted octanol–water partition coefficient (Wildman–Crippen LogP) is 1.81. The third-order valence-electron chi connectivity index (χ3n) is 5.43. The second-order valence-corrected chi connectivity index (χ2v) is 9.17. The van der Waals surface area contributed by atoms with E-state index in [0.717, 1.165) is 44.6 Å². The molecule has 2 aliphatic rings. The summed E-state index contributed by atoms with van der Waals surface area (Å²) in [6.45, 7) is 7.63. The van der Waals surface area contributed by atoms with Crippen molar-refractivity contribution in [3.63, 3.8) is 0 Å². The summed E-state index contributed by atoms with van der Waals surface area (Å²) in [6, 6.07) is 0.0252. The Kier molecular flexibility index (Phi) is 7.17. The molecule has 1 aliphatic heterocycles. The first-order chi connectivity index (χ1) is 13.1. The van der Waals surface area contributed by atoms with E-state index in [4.69, 9.17) is 4.74 Å². The molecule has 2 N–H and O–H groups in total. The van der Waals surface area contributed by atoms with Crippen molar-refractivity contribution in [3.8, 4) is 0 Å². The van der Waals surface area contributed by atoms with Crippen molar-refractivity contribution in [3.05, 3.63) is 0 Å². The minimum atomic E-state index is -0.505. The van der Waals surface area contributed by atoms with Crippen LogP contribution in [0, 0.1) is 5.41 Å². The Bertz CT molecular complexity index is 591. The summed E-state index contributed by atoms with van der Waals surface area (Å²) in [5.74, 6) is 0.977. The summed E-state index contributed by atoms with van der Waals surface area (Å²) in [7, 11) is 5.40. The lowest BCUT2D eigenvalue weighted by molar-refractivity contribution is -0.138. The first-order valence-electron chi connectivity index (χ1n) is 10.2. The van der Waals surface area contributed by atoms with Gasteiger partial charge in [-0.3, -0.25) is 9.79 Å². The van der Waals surface area contributed by atoms with E-state index < -0.39 is 5.60 Å². The Hall–Kier alpha value is -1.99. The van der Waals surface area contributed by atoms with E-state index >= 15 is 0 Å². The number of carbonyl (C=O) groups excluding carboxylic acids is 2. The molecule has 2 amide bonds. The number of nitrogens with one attached hydrogen (secondary N) is 2. The molecule has 0 spiro atoms. The highest BCUT2D eigenvalue weighted by molar-refractivity contribution is 5.85. The van der Waals surface area contributed by atoms with Crippen molar-refractivity contribution in [2.75, 3.05) is 40.8 Å². The summed E-state index contributed by atoms with van der Waals surface area (Å²) < 4.78 is 5.34. The van der Waals surface area contributed by atoms with Crippen molar-refractivity contribution in [1.82, 2.24) is 20.4 Å². The number of nitrogens with zero attached hydrogens (tertiary/aromatic N) is 3. The fourth-order valence-corrected chi connectivity index (χ4v) is 4.12. The largest absolute Gasteiger partial charge is 0.444 e. The molecule has 1 saturated heterocycles. The molecule has 160 valence electrons. The van der Waals surface area contributed by atoms with E-state index in [1.807, 2.05) is 34.9 Å². The number of ether oxygens (including phenoxy) is 1. The number of likely N-dealkylation sites (tertiary alicyclic amines) is 1. The fraction of sp³-hybridized carbons (Fsp3) is 0.850. The molecule has 0 bridgehead atoms. The maximum absolute atomic E-state index is 12.7. The first-order valence-corrected chi connectivity index (χ1v) is 10.2. The molecule has 28 heavy (non-hydrogen) atoms. The van der Waals surface area contributed by atoms with Gasteiger partial charge in [0, 0.05) is 40.8 Å². The molecule has 1 atom stereocenters. The summed E-state index contributed by atoms with van der Waals surface area (Å²) >= 11 is 0. The molecule has 0 radical (unpaired) electrons. The normalized spacial score (nSPS) is 22.1. The smallest absolute Gasteiger partial charge is 0.407 e. The first kappa shape index (κ1) is 22.3. The maximum Gasteiger partial charge on any atom is 0.407 e. The van der Waals surface area contributed by atoms with Gasteiger partial charge in [0.15, 0.2) is 5.96 Å². The molecular weight excluding hydrogens is 358 g/mol. The molecule has 1 heterocycles. The number of rotatable bonds is 4. The van der Waals surface area contributed by atoms with Gasteiger partial charge in [-0.25, -0.2) is 4.79 Å². The molecule has 2 rings (SSSR count). The molecule has 1 unspecified atom stereocenters. The Morgan fingerprint density at radius 1 is 1.25 bits per heavy atom. The second kappa shape index (κ2) is 9.01. The summed E-state index contributed by atoms with van der Waals surface area (Å²) in [6.07, 6.45) is 4.45. The molecule has 0 aromatic heterocycles. The minimum absolute atomic E-state index is 0.0252. The lowest BCUT2D eigenvalue weighted by atomic mass is 9.84. The van der Waals surface area contributed by atoms with Gasteiger partial charge >= 0.3 is 6.09 Å². The van der Waals surface area contributed by atoms with Gasteiger partial charge in [-0.05, 0) is 40.0 Å². The number of aliphatic imine (C=N–C) groups is 1. The molecule has 8 nitrogen and oxygen atoms in total. The Labute approximate surface area is 169 Å². The molecular formula is C20H37N5O3. The lowest BCUT2D eigenvalue weighted by Gasteiger charge is -2.32. The third-order valence-corrected chi connectivity index (χ3v) is 5.43. The molecule has 1 saturated carbocycles. The van der Waals surface area contributed by atoms with Gasteiger partial charge < -0.3 is 25.2 Å². The standard InChI is InChI=1S/C20H37N5O3/c1-19(2,3)28-18(27)23-15-9-12-25(13-15)17(21-4)22-14-20(10-7-8-11-20)16(26)24(5)6/h15H,7-14H2,1-6H3,(H,21,22)(H,23,27). The van der Waals surface area contributed by atoms with Crippen molar-refractivity contribution in [2.24, 2.45) is 10.4 Å². The lowest BCUT2D eigenvalue weighted by Crippen LogP contribution is -2.50. The van der Waals surface area contributed by atoms with Crippen LogP contribution in [0.3, 0.4) is 0 Å². The molecule has 8 heteroatoms. The molecule has 0 aromatic carbocycles. The van der Waals surface area contributed by atoms with Gasteiger partial charge in [-0.15, -0.1) is 0 Å². The zero-order valence-electron chi connectivity index (χ0n) is 18.3. The van der Waals surface area contributed by atoms with Gasteiger partial charge in [0.25, 0.3) is 0 Å². The number of carbonyl (C=O) groups is 2. The van der Waals surface area contributed by atoms with Crippen molar-refractivity contribution >= 4 is 18.0 Å². The van der Waals surface area contributed by atoms with Gasteiger partial charge in [0.2, 0.25) is 5.91 Å². The average molecular weight is 396 g/mol. The predicted molar refractivity (Wildman–Crippen MR) is 110 cm³/mol. The van der Waals surface area contributed by atoms with Gasteiger partial charge in [0.05, 0.1) is 11.5 Å². The van der Waals surface area contributed by atoms with Crippen LogP contribution in [-0.4, -0.2) is 80.2 Å². The topological polar surface area (TPSA) is 86.3 Å². The van der Waals surface area contributed by atoms with E-state index in [2.05, 4.69) is 20.5 Å². The number of hydrogen-bond donors (Lipinski definition) is 2. The monoisotopic (exact) mass is 395 g/mol. The minimum Gasteiger partial charge on any atom is -0.444 e. The SMILES string of the molecule is CN=C(NCC1(C(=O)N(C)C)CCCC1)N1CCC(NC(=O)OC(C)(C)C)C1. The van der Waals surface area contributed by atoms with E-state index in [9.17, 15) is 9.59 Å². The zero-order chi connectivity index (χ0) is 20.9. The Morgan fingerprint density at radius 3 is 2.43 bits per heavy atom. The molecule has 0 aromatic rings. The maximum atomic E-state index is 12.7. The fourth-order valence-electron chi connectivity index (χ4n) is 4.12. The van der Waals surface area contributed by atoms with Gasteiger partial charge in [-0.2, -0.15) is 0 Å². The number of guanidine groups is 1. The highest BCUT2D eigenvalue weighted by Crippen LogP contribution is 2.39. The van der Waals surface area contributed by atoms with Crippen LogP contribution in [0.25, 0.3) is 0 Å². The van der Waals surface area contributed by atoms with E-state index in [1.165, 1.54) is 0 Å². The molecule has 2 fully saturated rings. The average Bonchev–Trinajstić information content (AvgIpc) is 3.23. The van der Waals surface area contributed by atoms with Crippen LogP contribution in [0.1, 0.15) is 52.9 Å². The number of amides is 2. The van der Waals surface area contributed by atoms with Crippen LogP contribution in [0.5, 0.6) is 0 Å². The van der Waals surface area contributed by atoms with E-state index in [0.29, 0.717) is 13.1 Å². The van der Waals surface area contributed by atoms with Crippen LogP contribution in [-0.2, 0) is 9.53 Å². The van der Waals surface area contributed by atoms with E-state index in [1.54, 1.807) is 11.9 Å². The van der Waals surface area contributed by atoms with Crippen LogP contribution in [0.4, 0.5) is 4.79 Å². The van der Waals surface area contributed by atoms with Crippen molar-refractivity contribution in [2.45, 2.75) is 64.5 Å². The number of alkyl carbamates (subject to hydrolysis) is 1. The van der Waals surface area contributed by atoms with Crippen LogP contribution >= 0.6 is 0 Å². The van der Waals surface area contributed by atoms with Crippen LogP contribution < -0.4 is 10.6 Å². The van der Waals surface area contributed by atoms with Gasteiger partial charge in [-0.1, -0.05) is 12.8 Å². The van der Waals surface area contributed by atoms with Crippen molar-refractivity contribution in [1.29, 1.82) is 0 Å². The summed E-state index contributed by atoms with van der Waals surface area (Å²) in [5.41, 5.74) is -0.845. The Morgan fingerprint density at radius 2 is 1.89 bits per heavy atom. The summed E-state index contributed by atoms with van der Waals surface area (Å²) in [4.78, 5) is 33.0. The summed E-state index contributed by atoms with van der Waals surface area (Å²) in [5, 5.41) is 6.36. The zero-order valence-corrected chi connectivity index (χ0v) is 18.3.